The number of hydrogen-bond acceptors (Lipinski definition) is 5. The van der Waals surface area contributed by atoms with Crippen LogP contribution in [0.4, 0.5) is 30.2 Å². The normalized spacial score (nSPS) is 13.5. The first-order valence-electron chi connectivity index (χ1n) is 8.37. The third-order valence-corrected chi connectivity index (χ3v) is 7.27. The third kappa shape index (κ3) is 3.39. The number of para-hydroxylation sites is 1. The van der Waals surface area contributed by atoms with Crippen LogP contribution >= 0.6 is 11.8 Å². The average molecular weight is 452 g/mol. The number of alkyl halides is 3. The van der Waals surface area contributed by atoms with E-state index < -0.39 is 26.7 Å². The molecule has 0 amide bonds. The highest BCUT2D eigenvalue weighted by Crippen LogP contribution is 2.51. The zero-order chi connectivity index (χ0) is 21.7. The molecular weight excluding hydrogens is 441 g/mol. The van der Waals surface area contributed by atoms with Gasteiger partial charge in [-0.15, -0.1) is 0 Å². The van der Waals surface area contributed by atoms with Crippen LogP contribution in [-0.2, 0) is 16.2 Å². The number of benzene rings is 3. The lowest BCUT2D eigenvalue weighted by Gasteiger charge is -2.32. The van der Waals surface area contributed by atoms with Crippen LogP contribution in [0.2, 0.25) is 0 Å². The number of nitrogens with zero attached hydrogens (tertiary/aromatic N) is 2. The van der Waals surface area contributed by atoms with Crippen molar-refractivity contribution in [1.82, 2.24) is 0 Å². The van der Waals surface area contributed by atoms with Gasteiger partial charge in [-0.1, -0.05) is 23.9 Å². The molecule has 1 heterocycles. The van der Waals surface area contributed by atoms with Gasteiger partial charge in [0.15, 0.2) is 0 Å². The Morgan fingerprint density at radius 3 is 2.17 bits per heavy atom. The molecule has 3 aromatic rings. The Bertz CT molecular complexity index is 1260. The number of sulfonamides is 1. The van der Waals surface area contributed by atoms with Crippen LogP contribution in [0.15, 0.2) is 81.4 Å². The lowest BCUT2D eigenvalue weighted by atomic mass is 10.2. The summed E-state index contributed by atoms with van der Waals surface area (Å²) in [5.74, 6) is 0. The second kappa shape index (κ2) is 7.03. The van der Waals surface area contributed by atoms with Crippen molar-refractivity contribution in [2.24, 2.45) is 0 Å². The zero-order valence-corrected chi connectivity index (χ0v) is 16.5. The standard InChI is InChI=1S/C19H11F3N2O4S2/c20-19(21,22)12-5-10-18-16(11-12)23(15-3-1-2-4-17(15)29-18)30(27,28)14-8-6-13(7-9-14)24(25)26/h1-11H. The molecule has 0 aliphatic carbocycles. The van der Waals surface area contributed by atoms with Crippen LogP contribution in [0.5, 0.6) is 0 Å². The number of rotatable bonds is 3. The number of fused-ring (bicyclic) bond motifs is 2. The Hall–Kier alpha value is -3.05. The molecule has 0 saturated carbocycles. The van der Waals surface area contributed by atoms with E-state index in [1.54, 1.807) is 18.2 Å². The molecule has 154 valence electrons. The van der Waals surface area contributed by atoms with Gasteiger partial charge in [0, 0.05) is 21.9 Å². The van der Waals surface area contributed by atoms with Crippen LogP contribution < -0.4 is 4.31 Å². The van der Waals surface area contributed by atoms with Crippen LogP contribution in [0.25, 0.3) is 0 Å². The van der Waals surface area contributed by atoms with Gasteiger partial charge in [-0.2, -0.15) is 13.2 Å². The van der Waals surface area contributed by atoms with Gasteiger partial charge in [-0.3, -0.25) is 10.1 Å². The minimum absolute atomic E-state index is 0.133. The molecular formula is C19H11F3N2O4S2. The Balaban J connectivity index is 1.93. The van der Waals surface area contributed by atoms with Crippen molar-refractivity contribution >= 4 is 38.8 Å². The van der Waals surface area contributed by atoms with Gasteiger partial charge >= 0.3 is 6.18 Å². The van der Waals surface area contributed by atoms with Gasteiger partial charge in [0.1, 0.15) is 0 Å². The quantitative estimate of drug-likeness (QED) is 0.381. The maximum absolute atomic E-state index is 13.4. The summed E-state index contributed by atoms with van der Waals surface area (Å²) in [6.07, 6.45) is -4.65. The monoisotopic (exact) mass is 452 g/mol. The molecule has 6 nitrogen and oxygen atoms in total. The molecule has 1 aliphatic rings. The fraction of sp³-hybridized carbons (Fsp3) is 0.0526. The van der Waals surface area contributed by atoms with E-state index in [2.05, 4.69) is 0 Å². The zero-order valence-electron chi connectivity index (χ0n) is 14.8. The highest BCUT2D eigenvalue weighted by atomic mass is 32.2. The first-order chi connectivity index (χ1) is 14.1. The van der Waals surface area contributed by atoms with Crippen LogP contribution in [0, 0.1) is 10.1 Å². The molecule has 0 N–H and O–H groups in total. The molecule has 0 spiro atoms. The lowest BCUT2D eigenvalue weighted by Crippen LogP contribution is -2.29. The van der Waals surface area contributed by atoms with E-state index in [-0.39, 0.29) is 22.0 Å². The van der Waals surface area contributed by atoms with Crippen molar-refractivity contribution in [2.75, 3.05) is 4.31 Å². The SMILES string of the molecule is O=[N+]([O-])c1ccc(S(=O)(=O)N2c3ccccc3Sc3ccc(C(F)(F)F)cc32)cc1. The second-order valence-corrected chi connectivity index (χ2v) is 9.14. The minimum atomic E-state index is -4.65. The van der Waals surface area contributed by atoms with Crippen molar-refractivity contribution in [3.05, 3.63) is 82.4 Å². The topological polar surface area (TPSA) is 80.5 Å². The van der Waals surface area contributed by atoms with Crippen LogP contribution in [-0.4, -0.2) is 13.3 Å². The fourth-order valence-electron chi connectivity index (χ4n) is 3.00. The Morgan fingerprint density at radius 1 is 0.900 bits per heavy atom. The molecule has 4 rings (SSSR count). The van der Waals surface area contributed by atoms with E-state index in [4.69, 9.17) is 0 Å². The number of hydrogen-bond donors (Lipinski definition) is 0. The summed E-state index contributed by atoms with van der Waals surface area (Å²) in [6, 6.07) is 13.5. The smallest absolute Gasteiger partial charge is 0.258 e. The summed E-state index contributed by atoms with van der Waals surface area (Å²) in [5, 5.41) is 10.9. The van der Waals surface area contributed by atoms with Crippen molar-refractivity contribution in [2.45, 2.75) is 20.9 Å². The molecule has 0 aromatic heterocycles. The summed E-state index contributed by atoms with van der Waals surface area (Å²) in [6.45, 7) is 0. The predicted octanol–water partition coefficient (Wildman–Crippen LogP) is 5.61. The molecule has 3 aromatic carbocycles. The van der Waals surface area contributed by atoms with E-state index in [1.807, 2.05) is 0 Å². The van der Waals surface area contributed by atoms with Crippen LogP contribution in [0.1, 0.15) is 5.56 Å². The van der Waals surface area contributed by atoms with E-state index in [9.17, 15) is 31.7 Å². The van der Waals surface area contributed by atoms with Crippen molar-refractivity contribution in [1.29, 1.82) is 0 Å². The van der Waals surface area contributed by atoms with Gasteiger partial charge in [-0.25, -0.2) is 12.7 Å². The molecule has 0 atom stereocenters. The highest BCUT2D eigenvalue weighted by Gasteiger charge is 2.37. The van der Waals surface area contributed by atoms with E-state index in [0.29, 0.717) is 9.79 Å². The van der Waals surface area contributed by atoms with Gasteiger partial charge in [0.05, 0.1) is 26.8 Å². The first kappa shape index (κ1) is 20.2. The van der Waals surface area contributed by atoms with E-state index >= 15 is 0 Å². The van der Waals surface area contributed by atoms with Crippen molar-refractivity contribution in [3.8, 4) is 0 Å². The number of nitro benzene ring substituents is 1. The number of non-ortho nitro benzene ring substituents is 1. The van der Waals surface area contributed by atoms with Crippen LogP contribution in [0.3, 0.4) is 0 Å². The summed E-state index contributed by atoms with van der Waals surface area (Å²) in [7, 11) is -4.36. The number of nitro groups is 1. The lowest BCUT2D eigenvalue weighted by molar-refractivity contribution is -0.384. The first-order valence-corrected chi connectivity index (χ1v) is 10.6. The molecule has 1 aliphatic heterocycles. The van der Waals surface area contributed by atoms with Gasteiger partial charge < -0.3 is 0 Å². The Morgan fingerprint density at radius 2 is 1.53 bits per heavy atom. The molecule has 0 bridgehead atoms. The molecule has 0 fully saturated rings. The maximum atomic E-state index is 13.4. The number of halogens is 3. The highest BCUT2D eigenvalue weighted by molar-refractivity contribution is 8.00. The minimum Gasteiger partial charge on any atom is -0.258 e. The van der Waals surface area contributed by atoms with E-state index in [1.165, 1.54) is 12.1 Å². The third-order valence-electron chi connectivity index (χ3n) is 4.39. The Labute approximate surface area is 173 Å². The predicted molar refractivity (Wildman–Crippen MR) is 104 cm³/mol. The van der Waals surface area contributed by atoms with Crippen molar-refractivity contribution in [3.63, 3.8) is 0 Å². The van der Waals surface area contributed by atoms with E-state index in [0.717, 1.165) is 52.5 Å². The van der Waals surface area contributed by atoms with Gasteiger partial charge in [-0.05, 0) is 42.5 Å². The molecule has 0 unspecified atom stereocenters. The molecule has 30 heavy (non-hydrogen) atoms. The molecule has 0 saturated heterocycles. The van der Waals surface area contributed by atoms with Crippen molar-refractivity contribution < 1.29 is 26.5 Å². The largest absolute Gasteiger partial charge is 0.416 e. The molecule has 0 radical (unpaired) electrons. The summed E-state index contributed by atoms with van der Waals surface area (Å²) < 4.78 is 67.5. The fourth-order valence-corrected chi connectivity index (χ4v) is 5.68. The van der Waals surface area contributed by atoms with Gasteiger partial charge in [0.2, 0.25) is 0 Å². The maximum Gasteiger partial charge on any atom is 0.416 e. The van der Waals surface area contributed by atoms with Gasteiger partial charge in [0.25, 0.3) is 15.7 Å². The Kier molecular flexibility index (Phi) is 4.74. The second-order valence-electron chi connectivity index (χ2n) is 6.27. The number of anilines is 2. The molecule has 11 heteroatoms. The summed E-state index contributed by atoms with van der Waals surface area (Å²) >= 11 is 1.16. The average Bonchev–Trinajstić information content (AvgIpc) is 2.70. The summed E-state index contributed by atoms with van der Waals surface area (Å²) in [5.41, 5.74) is -1.21. The summed E-state index contributed by atoms with van der Waals surface area (Å²) in [4.78, 5) is 10.8.